The van der Waals surface area contributed by atoms with Gasteiger partial charge in [0.1, 0.15) is 31.5 Å². The van der Waals surface area contributed by atoms with Gasteiger partial charge in [0.2, 0.25) is 5.91 Å². The first-order valence-corrected chi connectivity index (χ1v) is 36.4. The first kappa shape index (κ1) is 72.0. The molecule has 0 saturated carbocycles. The monoisotopic (exact) mass is 1320 g/mol. The number of carbonyl (C=O) groups excluding carboxylic acids is 10. The second-order valence-electron chi connectivity index (χ2n) is 21.3. The Bertz CT molecular complexity index is 2380. The van der Waals surface area contributed by atoms with Crippen molar-refractivity contribution in [3.8, 4) is 0 Å². The van der Waals surface area contributed by atoms with Gasteiger partial charge in [-0.05, 0) is 0 Å². The van der Waals surface area contributed by atoms with E-state index in [0.29, 0.717) is 6.42 Å². The zero-order valence-electron chi connectivity index (χ0n) is 51.1. The molecule has 0 aromatic heterocycles. The number of unbranched alkanes of at least 4 members (excludes halogenated alkanes) is 3. The average molecular weight is 1320 g/mol. The van der Waals surface area contributed by atoms with Gasteiger partial charge in [-0.1, -0.05) is 0 Å². The number of nitrogens with one attached hydrogen (secondary N) is 1. The fraction of sp³-hybridized carbons (Fsp3) is 0.724. The molecule has 4 rings (SSSR count). The van der Waals surface area contributed by atoms with Gasteiger partial charge in [0.05, 0.1) is 0 Å². The van der Waals surface area contributed by atoms with Gasteiger partial charge < -0.3 is 47.9 Å². The molecular formula is C58H87NO25Sn. The van der Waals surface area contributed by atoms with Crippen molar-refractivity contribution in [2.75, 3.05) is 26.4 Å². The zero-order chi connectivity index (χ0) is 63.1. The number of amides is 1. The fourth-order valence-electron chi connectivity index (χ4n) is 10.7. The molecule has 85 heavy (non-hydrogen) atoms. The van der Waals surface area contributed by atoms with Gasteiger partial charge in [0, 0.05) is 62.3 Å². The van der Waals surface area contributed by atoms with E-state index in [4.69, 9.17) is 71.1 Å². The summed E-state index contributed by atoms with van der Waals surface area (Å²) in [7, 11) is 0. The summed E-state index contributed by atoms with van der Waals surface area (Å²) in [5.74, 6) is -8.77. The van der Waals surface area contributed by atoms with Crippen molar-refractivity contribution >= 4 is 81.6 Å². The molecular weight excluding hydrogens is 1230 g/mol. The van der Waals surface area contributed by atoms with Gasteiger partial charge >= 0.3 is 269 Å². The third-order valence-corrected chi connectivity index (χ3v) is 29.9. The molecule has 1 N–H and O–H groups in total. The molecule has 3 heterocycles. The molecule has 0 aliphatic carbocycles. The van der Waals surface area contributed by atoms with Crippen molar-refractivity contribution in [2.45, 2.75) is 240 Å². The predicted octanol–water partition coefficient (Wildman–Crippen LogP) is 4.03. The molecule has 0 spiro atoms. The molecule has 26 nitrogen and oxygen atoms in total. The standard InChI is InChI=1S/C46H60NO25.3C4H9.Sn/c1-21(48)47-35-39(65-27(7)54)36(62-24(4)51)32(18-59-22(2)49)69-44(35)72-43-41(67-29(9)56)37(63-25(5)52)33(19-60-23(3)50)71-46(43)61-20-34-38(64-26(6)53)40(66-28(8)55)42(68-30(10)57)45(70-34)58-17-16-31-14-12-11-13-15-31;3*1-3-4-2;/h12-15,32-46H,16-20H2,1-10H3,(H,47,48);3*1,3-4H2,2H3;/t32-,33-,34-,35-,36-,37-,38-,39-,40+,41+,42-,43+,44+,45-,46+;;;;/m1..../s1. The van der Waals surface area contributed by atoms with E-state index in [0.717, 1.165) is 94.1 Å². The summed E-state index contributed by atoms with van der Waals surface area (Å²) in [6.07, 6.45) is -16.0. The number of rotatable bonds is 31. The summed E-state index contributed by atoms with van der Waals surface area (Å²) >= 11 is -2.78. The van der Waals surface area contributed by atoms with Crippen LogP contribution >= 0.6 is 0 Å². The van der Waals surface area contributed by atoms with Crippen molar-refractivity contribution in [2.24, 2.45) is 0 Å². The molecule has 1 aromatic carbocycles. The van der Waals surface area contributed by atoms with E-state index >= 15 is 0 Å². The Labute approximate surface area is 500 Å². The molecule has 27 heteroatoms. The molecule has 3 aliphatic heterocycles. The molecule has 0 bridgehead atoms. The van der Waals surface area contributed by atoms with E-state index in [1.165, 1.54) is 36.2 Å². The van der Waals surface area contributed by atoms with Crippen LogP contribution in [0.4, 0.5) is 0 Å². The second kappa shape index (κ2) is 35.3. The third kappa shape index (κ3) is 22.6. The van der Waals surface area contributed by atoms with Crippen LogP contribution in [0.15, 0.2) is 24.3 Å². The Morgan fingerprint density at radius 3 is 1.20 bits per heavy atom. The Morgan fingerprint density at radius 2 is 0.788 bits per heavy atom. The first-order chi connectivity index (χ1) is 40.2. The summed E-state index contributed by atoms with van der Waals surface area (Å²) in [4.78, 5) is 128. The third-order valence-electron chi connectivity index (χ3n) is 14.2. The van der Waals surface area contributed by atoms with Gasteiger partial charge in [0.15, 0.2) is 43.1 Å². The first-order valence-electron chi connectivity index (χ1n) is 28.9. The SMILES string of the molecule is CCC[CH2][Sn]([CH2]CCC)([CH2]CCC)[c]1ccc(CCO[C@@H]2O[C@H](CO[C@H]3O[C@H](COC(C)=O)[C@@H](OC(C)=O)[C@H](OC(C)=O)[C@@H]3O[C@@H]3O[C@H](COC(C)=O)[C@@H](OC(C)=O)[C@H](OC(C)=O)[C@H]3NC(C)=O)[C@@H](OC(C)=O)[C@H](OC(C)=O)[C@H]2OC(C)=O)cc1. The van der Waals surface area contributed by atoms with E-state index in [2.05, 4.69) is 50.4 Å². The minimum atomic E-state index is -2.78. The van der Waals surface area contributed by atoms with Crippen molar-refractivity contribution in [1.29, 1.82) is 0 Å². The molecule has 15 atom stereocenters. The molecule has 0 unspecified atom stereocenters. The summed E-state index contributed by atoms with van der Waals surface area (Å²) < 4.78 is 94.5. The van der Waals surface area contributed by atoms with Crippen molar-refractivity contribution in [1.82, 2.24) is 5.32 Å². The number of carbonyl (C=O) groups is 10. The van der Waals surface area contributed by atoms with Gasteiger partial charge in [-0.3, -0.25) is 43.2 Å². The van der Waals surface area contributed by atoms with Gasteiger partial charge in [-0.2, -0.15) is 0 Å². The molecule has 1 amide bonds. The summed E-state index contributed by atoms with van der Waals surface area (Å²) in [6.45, 7) is 15.2. The van der Waals surface area contributed by atoms with E-state index in [1.807, 2.05) is 0 Å². The summed E-state index contributed by atoms with van der Waals surface area (Å²) in [5, 5.41) is 2.57. The number of hydrogen-bond donors (Lipinski definition) is 1. The quantitative estimate of drug-likeness (QED) is 0.0623. The molecule has 0 radical (unpaired) electrons. The minimum absolute atomic E-state index is 0.0284. The summed E-state index contributed by atoms with van der Waals surface area (Å²) in [5.41, 5.74) is 0.944. The van der Waals surface area contributed by atoms with Gasteiger partial charge in [-0.15, -0.1) is 0 Å². The van der Waals surface area contributed by atoms with Crippen LogP contribution in [0, 0.1) is 0 Å². The average Bonchev–Trinajstić information content (AvgIpc) is 1.31. The maximum atomic E-state index is 13.2. The van der Waals surface area contributed by atoms with E-state index < -0.39 is 190 Å². The van der Waals surface area contributed by atoms with Gasteiger partial charge in [0.25, 0.3) is 0 Å². The number of ether oxygens (including phenoxy) is 15. The molecule has 3 fully saturated rings. The Morgan fingerprint density at radius 1 is 0.424 bits per heavy atom. The molecule has 478 valence electrons. The van der Waals surface area contributed by atoms with E-state index in [-0.39, 0.29) is 6.61 Å². The van der Waals surface area contributed by atoms with Crippen molar-refractivity contribution in [3.05, 3.63) is 29.8 Å². The second-order valence-corrected chi connectivity index (χ2v) is 34.6. The predicted molar refractivity (Wildman–Crippen MR) is 297 cm³/mol. The number of benzene rings is 1. The number of hydrogen-bond acceptors (Lipinski definition) is 25. The normalized spacial score (nSPS) is 27.4. The molecule has 3 aliphatic rings. The van der Waals surface area contributed by atoms with Crippen LogP contribution in [0.25, 0.3) is 0 Å². The van der Waals surface area contributed by atoms with E-state index in [9.17, 15) is 47.9 Å². The van der Waals surface area contributed by atoms with Crippen LogP contribution in [0.5, 0.6) is 0 Å². The Kier molecular flexibility index (Phi) is 29.9. The van der Waals surface area contributed by atoms with E-state index in [1.54, 1.807) is 0 Å². The fourth-order valence-corrected chi connectivity index (χ4v) is 26.6. The van der Waals surface area contributed by atoms with Crippen LogP contribution in [0.1, 0.15) is 134 Å². The van der Waals surface area contributed by atoms with Crippen LogP contribution in [0.2, 0.25) is 13.3 Å². The molecule has 1 aromatic rings. The van der Waals surface area contributed by atoms with Crippen LogP contribution < -0.4 is 8.90 Å². The van der Waals surface area contributed by atoms with Gasteiger partial charge in [-0.25, -0.2) is 0 Å². The van der Waals surface area contributed by atoms with Crippen LogP contribution in [0.3, 0.4) is 0 Å². The van der Waals surface area contributed by atoms with Crippen LogP contribution in [-0.2, 0) is 125 Å². The van der Waals surface area contributed by atoms with Crippen LogP contribution in [-0.4, -0.2) is 196 Å². The summed E-state index contributed by atoms with van der Waals surface area (Å²) in [6, 6.07) is 7.11. The Balaban J connectivity index is 1.85. The Hall–Kier alpha value is -5.52. The topological polar surface area (TPSA) is 321 Å². The number of esters is 9. The molecule has 3 saturated heterocycles. The van der Waals surface area contributed by atoms with Crippen molar-refractivity contribution < 1.29 is 119 Å². The zero-order valence-corrected chi connectivity index (χ0v) is 53.9. The maximum absolute atomic E-state index is 13.2. The van der Waals surface area contributed by atoms with Crippen molar-refractivity contribution in [3.63, 3.8) is 0 Å².